The van der Waals surface area contributed by atoms with Gasteiger partial charge in [-0.2, -0.15) is 5.10 Å². The molecule has 0 aromatic carbocycles. The van der Waals surface area contributed by atoms with Gasteiger partial charge in [-0.1, -0.05) is 13.8 Å². The van der Waals surface area contributed by atoms with Crippen molar-refractivity contribution in [3.63, 3.8) is 0 Å². The second kappa shape index (κ2) is 6.85. The van der Waals surface area contributed by atoms with Crippen LogP contribution in [0.4, 0.5) is 0 Å². The fourth-order valence-corrected chi connectivity index (χ4v) is 3.08. The van der Waals surface area contributed by atoms with E-state index in [2.05, 4.69) is 34.1 Å². The number of nitrogens with zero attached hydrogens (tertiary/aromatic N) is 1. The third-order valence-electron chi connectivity index (χ3n) is 2.80. The van der Waals surface area contributed by atoms with E-state index in [1.165, 1.54) is 0 Å². The summed E-state index contributed by atoms with van der Waals surface area (Å²) in [6.45, 7) is 7.60. The minimum atomic E-state index is -3.72. The highest BCUT2D eigenvalue weighted by molar-refractivity contribution is 7.89. The summed E-state index contributed by atoms with van der Waals surface area (Å²) in [6.07, 6.45) is 0.860. The highest BCUT2D eigenvalue weighted by Gasteiger charge is 2.22. The van der Waals surface area contributed by atoms with Gasteiger partial charge in [-0.3, -0.25) is 9.89 Å². The lowest BCUT2D eigenvalue weighted by molar-refractivity contribution is -0.119. The Kier molecular flexibility index (Phi) is 5.70. The van der Waals surface area contributed by atoms with E-state index in [9.17, 15) is 13.2 Å². The zero-order valence-electron chi connectivity index (χ0n) is 12.3. The largest absolute Gasteiger partial charge is 0.355 e. The van der Waals surface area contributed by atoms with Gasteiger partial charge >= 0.3 is 0 Å². The molecule has 7 nitrogen and oxygen atoms in total. The summed E-state index contributed by atoms with van der Waals surface area (Å²) < 4.78 is 26.4. The lowest BCUT2D eigenvalue weighted by atomic mass is 10.1. The van der Waals surface area contributed by atoms with Crippen LogP contribution < -0.4 is 10.0 Å². The van der Waals surface area contributed by atoms with E-state index in [0.717, 1.165) is 6.42 Å². The first-order valence-electron chi connectivity index (χ1n) is 6.52. The summed E-state index contributed by atoms with van der Waals surface area (Å²) in [5.41, 5.74) is 0.838. The number of carbonyl (C=O) groups is 1. The average Bonchev–Trinajstić information content (AvgIpc) is 2.67. The molecule has 1 amide bonds. The van der Waals surface area contributed by atoms with Crippen LogP contribution in [0.1, 0.15) is 31.7 Å². The van der Waals surface area contributed by atoms with E-state index >= 15 is 0 Å². The zero-order valence-corrected chi connectivity index (χ0v) is 13.1. The highest BCUT2D eigenvalue weighted by Crippen LogP contribution is 2.15. The van der Waals surface area contributed by atoms with E-state index in [0.29, 0.717) is 23.9 Å². The minimum absolute atomic E-state index is 0.104. The smallest absolute Gasteiger partial charge is 0.244 e. The Balaban J connectivity index is 2.54. The second-order valence-corrected chi connectivity index (χ2v) is 6.82. The summed E-state index contributed by atoms with van der Waals surface area (Å²) in [5, 5.41) is 9.11. The number of hydrogen-bond donors (Lipinski definition) is 3. The third-order valence-corrected chi connectivity index (χ3v) is 4.46. The number of H-pyrrole nitrogens is 1. The normalized spacial score (nSPS) is 11.8. The molecule has 1 heterocycles. The first-order chi connectivity index (χ1) is 9.24. The Morgan fingerprint density at radius 1 is 1.35 bits per heavy atom. The van der Waals surface area contributed by atoms with Gasteiger partial charge < -0.3 is 5.32 Å². The van der Waals surface area contributed by atoms with Crippen LogP contribution >= 0.6 is 0 Å². The van der Waals surface area contributed by atoms with Crippen molar-refractivity contribution >= 4 is 15.9 Å². The molecular formula is C12H22N4O3S. The number of nitrogens with one attached hydrogen (secondary N) is 3. The van der Waals surface area contributed by atoms with Crippen LogP contribution in [-0.2, 0) is 14.8 Å². The second-order valence-electron chi connectivity index (χ2n) is 5.12. The van der Waals surface area contributed by atoms with Gasteiger partial charge in [0.05, 0.1) is 17.9 Å². The minimum Gasteiger partial charge on any atom is -0.355 e. The maximum Gasteiger partial charge on any atom is 0.244 e. The molecule has 8 heteroatoms. The molecule has 0 saturated heterocycles. The summed E-state index contributed by atoms with van der Waals surface area (Å²) in [6, 6.07) is 0. The van der Waals surface area contributed by atoms with Gasteiger partial charge in [-0.15, -0.1) is 0 Å². The summed E-state index contributed by atoms with van der Waals surface area (Å²) in [5.74, 6) is 0.149. The molecule has 1 aromatic rings. The van der Waals surface area contributed by atoms with Crippen LogP contribution in [0.2, 0.25) is 0 Å². The Morgan fingerprint density at radius 2 is 2.00 bits per heavy atom. The van der Waals surface area contributed by atoms with E-state index in [4.69, 9.17) is 0 Å². The molecule has 0 unspecified atom stereocenters. The van der Waals surface area contributed by atoms with Crippen molar-refractivity contribution in [2.24, 2.45) is 5.92 Å². The van der Waals surface area contributed by atoms with Crippen molar-refractivity contribution in [1.82, 2.24) is 20.2 Å². The maximum atomic E-state index is 12.1. The Hall–Kier alpha value is -1.41. The van der Waals surface area contributed by atoms with Gasteiger partial charge in [0, 0.05) is 6.54 Å². The molecule has 0 fully saturated rings. The van der Waals surface area contributed by atoms with E-state index in [1.807, 2.05) is 0 Å². The number of sulfonamides is 1. The number of aromatic amines is 1. The molecule has 1 rings (SSSR count). The van der Waals surface area contributed by atoms with Crippen LogP contribution in [0.15, 0.2) is 4.90 Å². The lowest BCUT2D eigenvalue weighted by Crippen LogP contribution is -2.37. The lowest BCUT2D eigenvalue weighted by Gasteiger charge is -2.09. The Bertz CT molecular complexity index is 544. The van der Waals surface area contributed by atoms with Crippen LogP contribution in [0, 0.1) is 19.8 Å². The Labute approximate surface area is 119 Å². The fraction of sp³-hybridized carbons (Fsp3) is 0.667. The predicted molar refractivity (Wildman–Crippen MR) is 75.7 cm³/mol. The number of rotatable bonds is 7. The SMILES string of the molecule is Cc1n[nH]c(C)c1S(=O)(=O)NCC(=O)NCCC(C)C. The van der Waals surface area contributed by atoms with E-state index < -0.39 is 10.0 Å². The molecular weight excluding hydrogens is 280 g/mol. The van der Waals surface area contributed by atoms with Gasteiger partial charge in [-0.05, 0) is 26.2 Å². The number of carbonyl (C=O) groups excluding carboxylic acids is 1. The van der Waals surface area contributed by atoms with E-state index in [1.54, 1.807) is 13.8 Å². The summed E-state index contributed by atoms with van der Waals surface area (Å²) in [7, 11) is -3.72. The Morgan fingerprint density at radius 3 is 2.50 bits per heavy atom. The molecule has 0 aliphatic heterocycles. The van der Waals surface area contributed by atoms with Gasteiger partial charge in [-0.25, -0.2) is 13.1 Å². The molecule has 0 aliphatic carbocycles. The molecule has 0 radical (unpaired) electrons. The summed E-state index contributed by atoms with van der Waals surface area (Å²) in [4.78, 5) is 11.7. The molecule has 0 aliphatic rings. The maximum absolute atomic E-state index is 12.1. The van der Waals surface area contributed by atoms with Crippen LogP contribution in [0.3, 0.4) is 0 Å². The standard InChI is InChI=1S/C12H22N4O3S/c1-8(2)5-6-13-11(17)7-14-20(18,19)12-9(3)15-16-10(12)4/h8,14H,5-7H2,1-4H3,(H,13,17)(H,15,16). The first-order valence-corrected chi connectivity index (χ1v) is 8.00. The monoisotopic (exact) mass is 302 g/mol. The average molecular weight is 302 g/mol. The van der Waals surface area contributed by atoms with Crippen molar-refractivity contribution < 1.29 is 13.2 Å². The number of hydrogen-bond acceptors (Lipinski definition) is 4. The van der Waals surface area contributed by atoms with E-state index in [-0.39, 0.29) is 17.3 Å². The molecule has 0 spiro atoms. The van der Waals surface area contributed by atoms with Gasteiger partial charge in [0.25, 0.3) is 0 Å². The van der Waals surface area contributed by atoms with Gasteiger partial charge in [0.2, 0.25) is 15.9 Å². The van der Waals surface area contributed by atoms with Gasteiger partial charge in [0.1, 0.15) is 4.90 Å². The molecule has 0 atom stereocenters. The van der Waals surface area contributed by atoms with Crippen molar-refractivity contribution in [3.8, 4) is 0 Å². The topological polar surface area (TPSA) is 104 Å². The van der Waals surface area contributed by atoms with Crippen molar-refractivity contribution in [1.29, 1.82) is 0 Å². The van der Waals surface area contributed by atoms with Crippen LogP contribution in [-0.4, -0.2) is 37.6 Å². The number of aromatic nitrogens is 2. The predicted octanol–water partition coefficient (Wildman–Crippen LogP) is 0.467. The van der Waals surface area contributed by atoms with Crippen LogP contribution in [0.25, 0.3) is 0 Å². The number of amides is 1. The van der Waals surface area contributed by atoms with Crippen LogP contribution in [0.5, 0.6) is 0 Å². The van der Waals surface area contributed by atoms with Crippen molar-refractivity contribution in [3.05, 3.63) is 11.4 Å². The number of aryl methyl sites for hydroxylation is 2. The van der Waals surface area contributed by atoms with Crippen molar-refractivity contribution in [2.45, 2.75) is 39.0 Å². The molecule has 1 aromatic heterocycles. The zero-order chi connectivity index (χ0) is 15.3. The summed E-state index contributed by atoms with van der Waals surface area (Å²) >= 11 is 0. The molecule has 20 heavy (non-hydrogen) atoms. The van der Waals surface area contributed by atoms with Crippen molar-refractivity contribution in [2.75, 3.05) is 13.1 Å². The molecule has 114 valence electrons. The third kappa shape index (κ3) is 4.61. The van der Waals surface area contributed by atoms with Gasteiger partial charge in [0.15, 0.2) is 0 Å². The highest BCUT2D eigenvalue weighted by atomic mass is 32.2. The quantitative estimate of drug-likeness (QED) is 0.681. The molecule has 0 saturated carbocycles. The fourth-order valence-electron chi connectivity index (χ4n) is 1.73. The molecule has 0 bridgehead atoms. The first kappa shape index (κ1) is 16.6. The molecule has 3 N–H and O–H groups in total.